The molecule has 0 aromatic rings. The Labute approximate surface area is 109 Å². The van der Waals surface area contributed by atoms with Crippen molar-refractivity contribution < 1.29 is 9.90 Å². The van der Waals surface area contributed by atoms with Crippen LogP contribution in [0.15, 0.2) is 5.10 Å². The van der Waals surface area contributed by atoms with Crippen LogP contribution in [0.2, 0.25) is 0 Å². The molecule has 4 nitrogen and oxygen atoms in total. The van der Waals surface area contributed by atoms with Crippen molar-refractivity contribution in [2.24, 2.45) is 16.9 Å². The fourth-order valence-corrected chi connectivity index (χ4v) is 2.97. The van der Waals surface area contributed by atoms with E-state index in [9.17, 15) is 9.90 Å². The van der Waals surface area contributed by atoms with E-state index in [1.165, 1.54) is 6.42 Å². The molecule has 2 unspecified atom stereocenters. The van der Waals surface area contributed by atoms with Gasteiger partial charge < -0.3 is 5.11 Å². The number of carbonyl (C=O) groups is 1. The van der Waals surface area contributed by atoms with E-state index in [1.54, 1.807) is 6.21 Å². The number of aliphatic hydroxyl groups is 1. The molecular formula is C14H24N2O2. The molecule has 18 heavy (non-hydrogen) atoms. The first-order valence-electron chi connectivity index (χ1n) is 7.28. The number of aliphatic hydroxyl groups excluding tert-OH is 1. The Bertz CT molecular complexity index is 298. The van der Waals surface area contributed by atoms with Gasteiger partial charge in [-0.1, -0.05) is 32.1 Å². The Morgan fingerprint density at radius 2 is 1.72 bits per heavy atom. The molecule has 2 rings (SSSR count). The SMILES string of the molecule is O=C(NN=CC1CCCCC1O)C1CCCCC1. The standard InChI is InChI=1S/C14H24N2O2/c17-13-9-5-4-8-12(13)10-15-16-14(18)11-6-2-1-3-7-11/h10-13,17H,1-9H2,(H,16,18). The Kier molecular flexibility index (Phi) is 5.17. The van der Waals surface area contributed by atoms with E-state index in [4.69, 9.17) is 0 Å². The molecule has 2 aliphatic rings. The van der Waals surface area contributed by atoms with Crippen LogP contribution in [-0.4, -0.2) is 23.3 Å². The Morgan fingerprint density at radius 1 is 1.06 bits per heavy atom. The number of rotatable bonds is 3. The number of hydrogen-bond donors (Lipinski definition) is 2. The average molecular weight is 252 g/mol. The third kappa shape index (κ3) is 3.80. The van der Waals surface area contributed by atoms with Gasteiger partial charge in [-0.3, -0.25) is 4.79 Å². The summed E-state index contributed by atoms with van der Waals surface area (Å²) < 4.78 is 0. The molecular weight excluding hydrogens is 228 g/mol. The Morgan fingerprint density at radius 3 is 2.44 bits per heavy atom. The summed E-state index contributed by atoms with van der Waals surface area (Å²) in [4.78, 5) is 11.8. The van der Waals surface area contributed by atoms with Gasteiger partial charge in [0.05, 0.1) is 6.10 Å². The van der Waals surface area contributed by atoms with Crippen molar-refractivity contribution in [1.29, 1.82) is 0 Å². The third-order valence-corrected chi connectivity index (χ3v) is 4.20. The predicted octanol–water partition coefficient (Wildman–Crippen LogP) is 2.22. The second-order valence-electron chi connectivity index (χ2n) is 5.60. The Balaban J connectivity index is 1.74. The number of hydrogen-bond acceptors (Lipinski definition) is 3. The van der Waals surface area contributed by atoms with Gasteiger partial charge in [0.15, 0.2) is 0 Å². The maximum atomic E-state index is 11.8. The number of hydrazone groups is 1. The van der Waals surface area contributed by atoms with Gasteiger partial charge in [-0.15, -0.1) is 0 Å². The second kappa shape index (κ2) is 6.88. The molecule has 0 aromatic heterocycles. The van der Waals surface area contributed by atoms with E-state index in [1.807, 2.05) is 0 Å². The lowest BCUT2D eigenvalue weighted by Crippen LogP contribution is -2.30. The molecule has 2 fully saturated rings. The van der Waals surface area contributed by atoms with Crippen molar-refractivity contribution in [3.63, 3.8) is 0 Å². The van der Waals surface area contributed by atoms with Crippen LogP contribution in [-0.2, 0) is 4.79 Å². The highest BCUT2D eigenvalue weighted by Gasteiger charge is 2.22. The molecule has 0 aromatic carbocycles. The van der Waals surface area contributed by atoms with Crippen molar-refractivity contribution in [3.8, 4) is 0 Å². The molecule has 0 aliphatic heterocycles. The second-order valence-corrected chi connectivity index (χ2v) is 5.60. The number of amides is 1. The highest BCUT2D eigenvalue weighted by atomic mass is 16.3. The first kappa shape index (κ1) is 13.5. The molecule has 0 radical (unpaired) electrons. The van der Waals surface area contributed by atoms with Crippen molar-refractivity contribution in [3.05, 3.63) is 0 Å². The van der Waals surface area contributed by atoms with Gasteiger partial charge >= 0.3 is 0 Å². The highest BCUT2D eigenvalue weighted by molar-refractivity contribution is 5.79. The highest BCUT2D eigenvalue weighted by Crippen LogP contribution is 2.24. The first-order valence-corrected chi connectivity index (χ1v) is 7.28. The summed E-state index contributed by atoms with van der Waals surface area (Å²) in [5.74, 6) is 0.314. The summed E-state index contributed by atoms with van der Waals surface area (Å²) >= 11 is 0. The summed E-state index contributed by atoms with van der Waals surface area (Å²) in [6.45, 7) is 0. The zero-order valence-corrected chi connectivity index (χ0v) is 11.0. The zero-order chi connectivity index (χ0) is 12.8. The zero-order valence-electron chi connectivity index (χ0n) is 11.0. The van der Waals surface area contributed by atoms with Crippen LogP contribution in [0.1, 0.15) is 57.8 Å². The summed E-state index contributed by atoms with van der Waals surface area (Å²) in [5, 5.41) is 13.8. The minimum atomic E-state index is -0.283. The van der Waals surface area contributed by atoms with Crippen molar-refractivity contribution in [2.45, 2.75) is 63.9 Å². The maximum Gasteiger partial charge on any atom is 0.243 e. The van der Waals surface area contributed by atoms with Gasteiger partial charge in [0.1, 0.15) is 0 Å². The largest absolute Gasteiger partial charge is 0.392 e. The van der Waals surface area contributed by atoms with E-state index in [0.29, 0.717) is 0 Å². The van der Waals surface area contributed by atoms with Gasteiger partial charge in [-0.25, -0.2) is 5.43 Å². The van der Waals surface area contributed by atoms with Crippen LogP contribution in [0.4, 0.5) is 0 Å². The number of nitrogens with zero attached hydrogens (tertiary/aromatic N) is 1. The van der Waals surface area contributed by atoms with Crippen LogP contribution in [0, 0.1) is 11.8 Å². The molecule has 0 spiro atoms. The topological polar surface area (TPSA) is 61.7 Å². The van der Waals surface area contributed by atoms with Crippen LogP contribution in [0.5, 0.6) is 0 Å². The fourth-order valence-electron chi connectivity index (χ4n) is 2.97. The van der Waals surface area contributed by atoms with Gasteiger partial charge in [-0.2, -0.15) is 5.10 Å². The lowest BCUT2D eigenvalue weighted by atomic mass is 9.87. The smallest absolute Gasteiger partial charge is 0.243 e. The van der Waals surface area contributed by atoms with Gasteiger partial charge in [-0.05, 0) is 25.7 Å². The number of carbonyl (C=O) groups excluding carboxylic acids is 1. The molecule has 2 saturated carbocycles. The molecule has 0 bridgehead atoms. The average Bonchev–Trinajstić information content (AvgIpc) is 2.42. The van der Waals surface area contributed by atoms with Gasteiger partial charge in [0.25, 0.3) is 0 Å². The normalized spacial score (nSPS) is 30.5. The molecule has 0 heterocycles. The van der Waals surface area contributed by atoms with E-state index in [2.05, 4.69) is 10.5 Å². The van der Waals surface area contributed by atoms with E-state index in [0.717, 1.165) is 51.4 Å². The Hall–Kier alpha value is -0.900. The van der Waals surface area contributed by atoms with Crippen LogP contribution in [0.25, 0.3) is 0 Å². The minimum Gasteiger partial charge on any atom is -0.392 e. The van der Waals surface area contributed by atoms with Gasteiger partial charge in [0.2, 0.25) is 5.91 Å². The van der Waals surface area contributed by atoms with Crippen molar-refractivity contribution in [1.82, 2.24) is 5.43 Å². The fraction of sp³-hybridized carbons (Fsp3) is 0.857. The van der Waals surface area contributed by atoms with Crippen LogP contribution in [0.3, 0.4) is 0 Å². The van der Waals surface area contributed by atoms with Crippen LogP contribution >= 0.6 is 0 Å². The minimum absolute atomic E-state index is 0.0521. The molecule has 102 valence electrons. The first-order chi connectivity index (χ1) is 8.77. The van der Waals surface area contributed by atoms with Crippen LogP contribution < -0.4 is 5.43 Å². The molecule has 0 saturated heterocycles. The summed E-state index contributed by atoms with van der Waals surface area (Å²) in [6.07, 6.45) is 11.1. The van der Waals surface area contributed by atoms with E-state index in [-0.39, 0.29) is 23.8 Å². The molecule has 2 atom stereocenters. The van der Waals surface area contributed by atoms with E-state index >= 15 is 0 Å². The van der Waals surface area contributed by atoms with Gasteiger partial charge in [0, 0.05) is 18.1 Å². The van der Waals surface area contributed by atoms with E-state index < -0.39 is 0 Å². The van der Waals surface area contributed by atoms with Crippen molar-refractivity contribution >= 4 is 12.1 Å². The lowest BCUT2D eigenvalue weighted by Gasteiger charge is -2.24. The van der Waals surface area contributed by atoms with Crippen molar-refractivity contribution in [2.75, 3.05) is 0 Å². The summed E-state index contributed by atoms with van der Waals surface area (Å²) in [7, 11) is 0. The third-order valence-electron chi connectivity index (χ3n) is 4.20. The predicted molar refractivity (Wildman–Crippen MR) is 71.2 cm³/mol. The molecule has 1 amide bonds. The summed E-state index contributed by atoms with van der Waals surface area (Å²) in [6, 6.07) is 0. The molecule has 2 aliphatic carbocycles. The monoisotopic (exact) mass is 252 g/mol. The summed E-state index contributed by atoms with van der Waals surface area (Å²) in [5.41, 5.74) is 2.64. The number of nitrogens with one attached hydrogen (secondary N) is 1. The lowest BCUT2D eigenvalue weighted by molar-refractivity contribution is -0.125. The molecule has 2 N–H and O–H groups in total. The molecule has 4 heteroatoms. The quantitative estimate of drug-likeness (QED) is 0.597. The maximum absolute atomic E-state index is 11.8.